The molecule has 3 nitrogen and oxygen atoms in total. The molecule has 0 fully saturated rings. The molecule has 6 heteroatoms. The Morgan fingerprint density at radius 2 is 1.78 bits per heavy atom. The van der Waals surface area contributed by atoms with Crippen molar-refractivity contribution in [2.75, 3.05) is 18.9 Å². The van der Waals surface area contributed by atoms with Crippen molar-refractivity contribution in [1.29, 1.82) is 0 Å². The number of halogens is 3. The topological polar surface area (TPSA) is 32.3 Å². The van der Waals surface area contributed by atoms with Crippen molar-refractivity contribution in [3.8, 4) is 0 Å². The molecule has 0 saturated heterocycles. The van der Waals surface area contributed by atoms with Crippen LogP contribution in [0.4, 0.5) is 5.69 Å². The number of carbonyl (C=O) groups is 1. The number of rotatable bonds is 4. The Kier molecular flexibility index (Phi) is 6.14. The van der Waals surface area contributed by atoms with Crippen LogP contribution in [-0.4, -0.2) is 30.4 Å². The summed E-state index contributed by atoms with van der Waals surface area (Å²) in [6.07, 6.45) is 0. The summed E-state index contributed by atoms with van der Waals surface area (Å²) in [4.78, 5) is 13.6. The monoisotopic (exact) mass is 440 g/mol. The summed E-state index contributed by atoms with van der Waals surface area (Å²) < 4.78 is 2.78. The molecule has 0 spiro atoms. The largest absolute Gasteiger partial charge is 0.374 e. The molecule has 100 valence electrons. The van der Waals surface area contributed by atoms with Crippen LogP contribution in [0.15, 0.2) is 25.6 Å². The first-order valence-corrected chi connectivity index (χ1v) is 7.85. The van der Waals surface area contributed by atoms with Gasteiger partial charge in [0, 0.05) is 26.5 Å². The maximum atomic E-state index is 11.9. The lowest BCUT2D eigenvalue weighted by Gasteiger charge is -2.22. The fraction of sp³-hybridized carbons (Fsp3) is 0.417. The number of carbonyl (C=O) groups excluding carboxylic acids is 1. The molecule has 0 heterocycles. The van der Waals surface area contributed by atoms with Crippen LogP contribution in [0, 0.1) is 0 Å². The lowest BCUT2D eigenvalue weighted by molar-refractivity contribution is -0.129. The van der Waals surface area contributed by atoms with Gasteiger partial charge in [0.25, 0.3) is 0 Å². The summed E-state index contributed by atoms with van der Waals surface area (Å²) in [5, 5.41) is 3.14. The molecule has 1 aromatic carbocycles. The normalized spacial score (nSPS) is 10.6. The molecular weight excluding hydrogens is 428 g/mol. The lowest BCUT2D eigenvalue weighted by Crippen LogP contribution is -2.37. The summed E-state index contributed by atoms with van der Waals surface area (Å²) >= 11 is 10.3. The highest BCUT2D eigenvalue weighted by Gasteiger charge is 2.13. The third-order valence-electron chi connectivity index (χ3n) is 2.59. The molecule has 0 radical (unpaired) electrons. The Bertz CT molecular complexity index is 426. The molecule has 0 aromatic heterocycles. The number of hydrogen-bond donors (Lipinski definition) is 1. The number of likely N-dealkylation sites (N-methyl/N-ethyl adjacent to an activating group) is 1. The molecular formula is C12H15Br3N2O. The SMILES string of the molecule is CC(C)N(C)C(=O)CNc1c(Br)cc(Br)cc1Br. The molecule has 1 rings (SSSR count). The van der Waals surface area contributed by atoms with E-state index >= 15 is 0 Å². The van der Waals surface area contributed by atoms with Crippen LogP contribution in [0.5, 0.6) is 0 Å². The van der Waals surface area contributed by atoms with Gasteiger partial charge in [0.15, 0.2) is 0 Å². The van der Waals surface area contributed by atoms with Crippen LogP contribution in [0.1, 0.15) is 13.8 Å². The second kappa shape index (κ2) is 6.91. The van der Waals surface area contributed by atoms with E-state index in [2.05, 4.69) is 53.1 Å². The average molecular weight is 443 g/mol. The zero-order chi connectivity index (χ0) is 13.9. The molecule has 0 unspecified atom stereocenters. The first-order chi connectivity index (χ1) is 8.32. The summed E-state index contributed by atoms with van der Waals surface area (Å²) in [5.41, 5.74) is 0.878. The van der Waals surface area contributed by atoms with Gasteiger partial charge in [-0.15, -0.1) is 0 Å². The third-order valence-corrected chi connectivity index (χ3v) is 4.30. The number of benzene rings is 1. The maximum absolute atomic E-state index is 11.9. The average Bonchev–Trinajstić information content (AvgIpc) is 2.25. The minimum absolute atomic E-state index is 0.0618. The number of nitrogens with zero attached hydrogens (tertiary/aromatic N) is 1. The number of nitrogens with one attached hydrogen (secondary N) is 1. The highest BCUT2D eigenvalue weighted by Crippen LogP contribution is 2.34. The highest BCUT2D eigenvalue weighted by atomic mass is 79.9. The molecule has 0 atom stereocenters. The van der Waals surface area contributed by atoms with Crippen molar-refractivity contribution in [2.45, 2.75) is 19.9 Å². The Morgan fingerprint density at radius 1 is 1.28 bits per heavy atom. The molecule has 0 aliphatic carbocycles. The van der Waals surface area contributed by atoms with Gasteiger partial charge in [-0.2, -0.15) is 0 Å². The van der Waals surface area contributed by atoms with Crippen LogP contribution in [-0.2, 0) is 4.79 Å². The van der Waals surface area contributed by atoms with E-state index < -0.39 is 0 Å². The van der Waals surface area contributed by atoms with Crippen LogP contribution < -0.4 is 5.32 Å². The van der Waals surface area contributed by atoms with Crippen molar-refractivity contribution in [1.82, 2.24) is 4.90 Å². The van der Waals surface area contributed by atoms with Crippen molar-refractivity contribution < 1.29 is 4.79 Å². The highest BCUT2D eigenvalue weighted by molar-refractivity contribution is 9.11. The van der Waals surface area contributed by atoms with Crippen molar-refractivity contribution in [3.05, 3.63) is 25.6 Å². The first-order valence-electron chi connectivity index (χ1n) is 5.47. The molecule has 0 saturated carbocycles. The zero-order valence-corrected chi connectivity index (χ0v) is 15.2. The minimum atomic E-state index is 0.0618. The van der Waals surface area contributed by atoms with Gasteiger partial charge in [0.05, 0.1) is 12.2 Å². The van der Waals surface area contributed by atoms with Gasteiger partial charge in [-0.05, 0) is 57.8 Å². The molecule has 1 aromatic rings. The number of hydrogen-bond acceptors (Lipinski definition) is 2. The van der Waals surface area contributed by atoms with Crippen LogP contribution in [0.3, 0.4) is 0 Å². The minimum Gasteiger partial charge on any atom is -0.374 e. The number of amides is 1. The lowest BCUT2D eigenvalue weighted by atomic mass is 10.3. The van der Waals surface area contributed by atoms with Crippen molar-refractivity contribution in [3.63, 3.8) is 0 Å². The summed E-state index contributed by atoms with van der Waals surface area (Å²) in [5.74, 6) is 0.0618. The Labute approximate surface area is 133 Å². The van der Waals surface area contributed by atoms with E-state index in [1.807, 2.05) is 26.0 Å². The number of anilines is 1. The fourth-order valence-electron chi connectivity index (χ4n) is 1.29. The molecule has 0 bridgehead atoms. The predicted octanol–water partition coefficient (Wildman–Crippen LogP) is 4.25. The van der Waals surface area contributed by atoms with Gasteiger partial charge < -0.3 is 10.2 Å². The van der Waals surface area contributed by atoms with Gasteiger partial charge in [0.2, 0.25) is 5.91 Å². The van der Waals surface area contributed by atoms with Gasteiger partial charge in [-0.25, -0.2) is 0 Å². The van der Waals surface area contributed by atoms with E-state index in [-0.39, 0.29) is 18.5 Å². The molecule has 0 aliphatic heterocycles. The zero-order valence-electron chi connectivity index (χ0n) is 10.4. The second-order valence-electron chi connectivity index (χ2n) is 4.20. The van der Waals surface area contributed by atoms with E-state index in [1.54, 1.807) is 11.9 Å². The molecule has 1 amide bonds. The van der Waals surface area contributed by atoms with Crippen molar-refractivity contribution >= 4 is 59.4 Å². The Morgan fingerprint density at radius 3 is 2.22 bits per heavy atom. The first kappa shape index (κ1) is 16.0. The van der Waals surface area contributed by atoms with Crippen LogP contribution >= 0.6 is 47.8 Å². The van der Waals surface area contributed by atoms with Crippen molar-refractivity contribution in [2.24, 2.45) is 0 Å². The standard InChI is InChI=1S/C12H15Br3N2O/c1-7(2)17(3)11(18)6-16-12-9(14)4-8(13)5-10(12)15/h4-5,7,16H,6H2,1-3H3. The second-order valence-corrected chi connectivity index (χ2v) is 6.82. The van der Waals surface area contributed by atoms with E-state index in [1.165, 1.54) is 0 Å². The summed E-state index contributed by atoms with van der Waals surface area (Å²) in [6, 6.07) is 4.07. The van der Waals surface area contributed by atoms with Gasteiger partial charge >= 0.3 is 0 Å². The maximum Gasteiger partial charge on any atom is 0.241 e. The Hall–Kier alpha value is -0.0700. The van der Waals surface area contributed by atoms with E-state index in [0.717, 1.165) is 19.1 Å². The molecule has 1 N–H and O–H groups in total. The van der Waals surface area contributed by atoms with Crippen LogP contribution in [0.25, 0.3) is 0 Å². The van der Waals surface area contributed by atoms with E-state index in [9.17, 15) is 4.79 Å². The quantitative estimate of drug-likeness (QED) is 0.755. The summed E-state index contributed by atoms with van der Waals surface area (Å²) in [6.45, 7) is 4.25. The van der Waals surface area contributed by atoms with Gasteiger partial charge in [0.1, 0.15) is 0 Å². The summed E-state index contributed by atoms with van der Waals surface area (Å²) in [7, 11) is 1.81. The molecule has 18 heavy (non-hydrogen) atoms. The van der Waals surface area contributed by atoms with E-state index in [0.29, 0.717) is 0 Å². The molecule has 0 aliphatic rings. The third kappa shape index (κ3) is 4.24. The fourth-order valence-corrected chi connectivity index (χ4v) is 3.83. The smallest absolute Gasteiger partial charge is 0.241 e. The Balaban J connectivity index is 2.73. The van der Waals surface area contributed by atoms with E-state index in [4.69, 9.17) is 0 Å². The van der Waals surface area contributed by atoms with Gasteiger partial charge in [-0.1, -0.05) is 15.9 Å². The van der Waals surface area contributed by atoms with Crippen LogP contribution in [0.2, 0.25) is 0 Å². The van der Waals surface area contributed by atoms with Gasteiger partial charge in [-0.3, -0.25) is 4.79 Å². The predicted molar refractivity (Wildman–Crippen MR) is 85.9 cm³/mol.